The molecule has 0 saturated heterocycles. The molecule has 0 fully saturated rings. The molecule has 0 bridgehead atoms. The van der Waals surface area contributed by atoms with Crippen molar-refractivity contribution in [3.63, 3.8) is 0 Å². The normalized spacial score (nSPS) is 11.1. The van der Waals surface area contributed by atoms with Gasteiger partial charge in [-0.2, -0.15) is 0 Å². The molecule has 0 amide bonds. The van der Waals surface area contributed by atoms with Gasteiger partial charge in [0.2, 0.25) is 5.89 Å². The van der Waals surface area contributed by atoms with E-state index in [0.29, 0.717) is 22.2 Å². The van der Waals surface area contributed by atoms with Crippen LogP contribution >= 0.6 is 50.1 Å². The summed E-state index contributed by atoms with van der Waals surface area (Å²) >= 11 is 11.6. The first kappa shape index (κ1) is 13.2. The molecule has 2 N–H and O–H groups in total. The van der Waals surface area contributed by atoms with E-state index in [1.807, 2.05) is 24.3 Å². The van der Waals surface area contributed by atoms with Gasteiger partial charge < -0.3 is 10.2 Å². The number of anilines is 1. The summed E-state index contributed by atoms with van der Waals surface area (Å²) in [5, 5.41) is 0.645. The molecule has 0 radical (unpaired) electrons. The maximum atomic E-state index is 6.02. The Morgan fingerprint density at radius 1 is 1.26 bits per heavy atom. The van der Waals surface area contributed by atoms with Gasteiger partial charge in [-0.25, -0.2) is 4.98 Å². The molecular weight excluding hydrogens is 442 g/mol. The molecule has 2 aromatic carbocycles. The number of halogens is 3. The number of nitrogen functional groups attached to an aromatic ring is 1. The molecule has 3 rings (SSSR count). The van der Waals surface area contributed by atoms with Crippen LogP contribution in [-0.4, -0.2) is 4.98 Å². The molecule has 1 aromatic heterocycles. The molecule has 6 heteroatoms. The lowest BCUT2D eigenvalue weighted by atomic mass is 10.2. The number of hydrogen-bond donors (Lipinski definition) is 1. The third-order valence-corrected chi connectivity index (χ3v) is 4.28. The van der Waals surface area contributed by atoms with Crippen molar-refractivity contribution in [3.05, 3.63) is 43.4 Å². The Bertz CT molecular complexity index is 788. The van der Waals surface area contributed by atoms with Gasteiger partial charge in [0.25, 0.3) is 0 Å². The molecule has 0 aliphatic carbocycles. The summed E-state index contributed by atoms with van der Waals surface area (Å²) in [7, 11) is 0. The van der Waals surface area contributed by atoms with Crippen molar-refractivity contribution in [1.29, 1.82) is 0 Å². The minimum absolute atomic E-state index is 0.520. The van der Waals surface area contributed by atoms with Crippen LogP contribution in [0.4, 0.5) is 5.69 Å². The molecule has 0 aliphatic rings. The van der Waals surface area contributed by atoms with E-state index >= 15 is 0 Å². The predicted molar refractivity (Wildman–Crippen MR) is 89.3 cm³/mol. The summed E-state index contributed by atoms with van der Waals surface area (Å²) in [6.07, 6.45) is 0. The van der Waals surface area contributed by atoms with Crippen molar-refractivity contribution in [2.45, 2.75) is 0 Å². The second kappa shape index (κ2) is 4.96. The van der Waals surface area contributed by atoms with Crippen LogP contribution in [0.25, 0.3) is 22.6 Å². The molecule has 0 spiro atoms. The quantitative estimate of drug-likeness (QED) is 0.416. The molecule has 1 heterocycles. The van der Waals surface area contributed by atoms with E-state index in [1.165, 1.54) is 0 Å². The van der Waals surface area contributed by atoms with Gasteiger partial charge in [0.05, 0.1) is 11.3 Å². The van der Waals surface area contributed by atoms with Gasteiger partial charge in [-0.05, 0) is 52.9 Å². The van der Waals surface area contributed by atoms with Gasteiger partial charge >= 0.3 is 0 Å². The Balaban J connectivity index is 2.26. The Kier molecular flexibility index (Phi) is 3.44. The van der Waals surface area contributed by atoms with Gasteiger partial charge in [-0.3, -0.25) is 0 Å². The van der Waals surface area contributed by atoms with Crippen LogP contribution in [-0.2, 0) is 0 Å². The zero-order valence-corrected chi connectivity index (χ0v) is 14.0. The number of nitrogens with two attached hydrogens (primary N) is 1. The van der Waals surface area contributed by atoms with Gasteiger partial charge in [-0.15, -0.1) is 0 Å². The lowest BCUT2D eigenvalue weighted by Gasteiger charge is -1.99. The van der Waals surface area contributed by atoms with Crippen molar-refractivity contribution in [1.82, 2.24) is 4.98 Å². The van der Waals surface area contributed by atoms with Crippen molar-refractivity contribution in [3.8, 4) is 11.5 Å². The fraction of sp³-hybridized carbons (Fsp3) is 0. The number of aromatic nitrogens is 1. The molecule has 0 atom stereocenters. The monoisotopic (exact) mass is 448 g/mol. The fourth-order valence-corrected chi connectivity index (χ4v) is 3.00. The van der Waals surface area contributed by atoms with Crippen LogP contribution in [0.2, 0.25) is 5.02 Å². The number of hydrogen-bond acceptors (Lipinski definition) is 3. The van der Waals surface area contributed by atoms with Gasteiger partial charge in [0, 0.05) is 13.1 Å². The highest BCUT2D eigenvalue weighted by molar-refractivity contribution is 14.1. The van der Waals surface area contributed by atoms with Gasteiger partial charge in [0.15, 0.2) is 5.58 Å². The number of benzene rings is 2. The van der Waals surface area contributed by atoms with E-state index in [0.717, 1.165) is 19.1 Å². The summed E-state index contributed by atoms with van der Waals surface area (Å²) in [6.45, 7) is 0. The molecule has 3 aromatic rings. The third kappa shape index (κ3) is 2.46. The summed E-state index contributed by atoms with van der Waals surface area (Å²) < 4.78 is 7.65. The highest BCUT2D eigenvalue weighted by atomic mass is 127. The fourth-order valence-electron chi connectivity index (χ4n) is 1.80. The second-order valence-corrected chi connectivity index (χ2v) is 6.50. The minimum Gasteiger partial charge on any atom is -0.434 e. The van der Waals surface area contributed by atoms with Crippen LogP contribution in [0.1, 0.15) is 0 Å². The van der Waals surface area contributed by atoms with Crippen LogP contribution < -0.4 is 5.73 Å². The molecule has 0 saturated carbocycles. The van der Waals surface area contributed by atoms with Crippen LogP contribution in [0, 0.1) is 3.57 Å². The maximum Gasteiger partial charge on any atom is 0.228 e. The van der Waals surface area contributed by atoms with Gasteiger partial charge in [-0.1, -0.05) is 27.5 Å². The van der Waals surface area contributed by atoms with Crippen molar-refractivity contribution in [2.75, 3.05) is 5.73 Å². The third-order valence-electron chi connectivity index (χ3n) is 2.64. The van der Waals surface area contributed by atoms with Crippen LogP contribution in [0.3, 0.4) is 0 Å². The molecular formula is C13H7BrClIN2O. The summed E-state index contributed by atoms with van der Waals surface area (Å²) in [5.41, 5.74) is 8.65. The van der Waals surface area contributed by atoms with Crippen molar-refractivity contribution in [2.24, 2.45) is 0 Å². The zero-order valence-electron chi connectivity index (χ0n) is 9.45. The Morgan fingerprint density at radius 2 is 2.05 bits per heavy atom. The maximum absolute atomic E-state index is 6.02. The second-order valence-electron chi connectivity index (χ2n) is 3.99. The minimum atomic E-state index is 0.520. The van der Waals surface area contributed by atoms with Gasteiger partial charge in [0.1, 0.15) is 5.52 Å². The molecule has 0 unspecified atom stereocenters. The van der Waals surface area contributed by atoms with E-state index < -0.39 is 0 Å². The smallest absolute Gasteiger partial charge is 0.228 e. The summed E-state index contributed by atoms with van der Waals surface area (Å²) in [4.78, 5) is 4.47. The van der Waals surface area contributed by atoms with Crippen LogP contribution in [0.15, 0.2) is 39.2 Å². The SMILES string of the molecule is Nc1cc(Br)cc2nc(-c3cc(Cl)ccc3I)oc12. The number of fused-ring (bicyclic) bond motifs is 1. The number of nitrogens with zero attached hydrogens (tertiary/aromatic N) is 1. The van der Waals surface area contributed by atoms with Crippen molar-refractivity contribution >= 4 is 66.9 Å². The number of rotatable bonds is 1. The predicted octanol–water partition coefficient (Wildman–Crippen LogP) is 5.10. The topological polar surface area (TPSA) is 52.0 Å². The standard InChI is InChI=1S/C13H7BrClIN2O/c14-6-3-10(17)12-11(4-6)18-13(19-12)8-5-7(15)1-2-9(8)16/h1-5H,17H2. The highest BCUT2D eigenvalue weighted by Gasteiger charge is 2.14. The van der Waals surface area contributed by atoms with E-state index in [2.05, 4.69) is 43.5 Å². The Hall–Kier alpha value is -0.790. The van der Waals surface area contributed by atoms with E-state index in [9.17, 15) is 0 Å². The highest BCUT2D eigenvalue weighted by Crippen LogP contribution is 2.33. The zero-order chi connectivity index (χ0) is 13.6. The molecule has 19 heavy (non-hydrogen) atoms. The van der Waals surface area contributed by atoms with Crippen molar-refractivity contribution < 1.29 is 4.42 Å². The number of oxazole rings is 1. The largest absolute Gasteiger partial charge is 0.434 e. The molecule has 0 aliphatic heterocycles. The first-order chi connectivity index (χ1) is 9.04. The van der Waals surface area contributed by atoms with E-state index in [4.69, 9.17) is 21.8 Å². The Labute approximate surface area is 136 Å². The summed E-state index contributed by atoms with van der Waals surface area (Å²) in [5.74, 6) is 0.520. The lowest BCUT2D eigenvalue weighted by molar-refractivity contribution is 0.620. The average Bonchev–Trinajstić information content (AvgIpc) is 2.76. The van der Waals surface area contributed by atoms with E-state index in [-0.39, 0.29) is 0 Å². The molecule has 96 valence electrons. The summed E-state index contributed by atoms with van der Waals surface area (Å²) in [6, 6.07) is 9.25. The first-order valence-corrected chi connectivity index (χ1v) is 7.60. The van der Waals surface area contributed by atoms with Crippen LogP contribution in [0.5, 0.6) is 0 Å². The van der Waals surface area contributed by atoms with E-state index in [1.54, 1.807) is 6.07 Å². The average molecular weight is 449 g/mol. The Morgan fingerprint density at radius 3 is 2.84 bits per heavy atom. The first-order valence-electron chi connectivity index (χ1n) is 5.35. The lowest BCUT2D eigenvalue weighted by Crippen LogP contribution is -1.84. The molecule has 3 nitrogen and oxygen atoms in total.